The van der Waals surface area contributed by atoms with Crippen molar-refractivity contribution < 1.29 is 14.0 Å². The molecule has 1 N–H and O–H groups in total. The lowest BCUT2D eigenvalue weighted by Crippen LogP contribution is -2.29. The van der Waals surface area contributed by atoms with E-state index in [2.05, 4.69) is 17.4 Å². The molecule has 0 spiro atoms. The van der Waals surface area contributed by atoms with E-state index in [9.17, 15) is 9.59 Å². The maximum absolute atomic E-state index is 13.0. The molecule has 1 aliphatic carbocycles. The van der Waals surface area contributed by atoms with E-state index < -0.39 is 0 Å². The number of fused-ring (bicyclic) bond motifs is 2. The number of nitrogens with one attached hydrogen (secondary N) is 1. The topological polar surface area (TPSA) is 62.6 Å². The molecule has 5 heteroatoms. The molecule has 5 nitrogen and oxygen atoms in total. The van der Waals surface area contributed by atoms with Crippen LogP contribution in [0, 0.1) is 6.92 Å². The van der Waals surface area contributed by atoms with Crippen molar-refractivity contribution in [2.45, 2.75) is 45.4 Å². The van der Waals surface area contributed by atoms with Gasteiger partial charge < -0.3 is 14.6 Å². The fourth-order valence-electron chi connectivity index (χ4n) is 4.79. The van der Waals surface area contributed by atoms with E-state index in [0.717, 1.165) is 60.9 Å². The number of hydrogen-bond donors (Lipinski definition) is 1. The van der Waals surface area contributed by atoms with Gasteiger partial charge in [0.05, 0.1) is 23.9 Å². The first-order valence-electron chi connectivity index (χ1n) is 10.8. The summed E-state index contributed by atoms with van der Waals surface area (Å²) >= 11 is 0. The molecule has 2 amide bonds. The van der Waals surface area contributed by atoms with Crippen molar-refractivity contribution in [3.05, 3.63) is 64.4 Å². The van der Waals surface area contributed by atoms with Gasteiger partial charge in [0.1, 0.15) is 5.58 Å². The summed E-state index contributed by atoms with van der Waals surface area (Å²) in [5.41, 5.74) is 6.53. The molecule has 1 fully saturated rings. The number of rotatable bonds is 4. The van der Waals surface area contributed by atoms with Crippen LogP contribution in [0.25, 0.3) is 11.0 Å². The van der Waals surface area contributed by atoms with Gasteiger partial charge in [-0.3, -0.25) is 9.59 Å². The van der Waals surface area contributed by atoms with Crippen molar-refractivity contribution in [3.8, 4) is 0 Å². The summed E-state index contributed by atoms with van der Waals surface area (Å²) < 4.78 is 5.73. The van der Waals surface area contributed by atoms with Gasteiger partial charge in [0.15, 0.2) is 0 Å². The quantitative estimate of drug-likeness (QED) is 0.691. The van der Waals surface area contributed by atoms with Gasteiger partial charge >= 0.3 is 0 Å². The molecule has 0 radical (unpaired) electrons. The van der Waals surface area contributed by atoms with Gasteiger partial charge in [0, 0.05) is 24.0 Å². The van der Waals surface area contributed by atoms with E-state index in [-0.39, 0.29) is 18.2 Å². The molecule has 1 aromatic heterocycles. The Labute approximate surface area is 176 Å². The highest BCUT2D eigenvalue weighted by molar-refractivity contribution is 6.05. The van der Waals surface area contributed by atoms with Crippen molar-refractivity contribution in [1.82, 2.24) is 4.90 Å². The summed E-state index contributed by atoms with van der Waals surface area (Å²) in [5.74, 6) is -0.135. The van der Waals surface area contributed by atoms with E-state index >= 15 is 0 Å². The molecular weight excluding hydrogens is 376 g/mol. The molecule has 5 rings (SSSR count). The van der Waals surface area contributed by atoms with Gasteiger partial charge in [-0.25, -0.2) is 0 Å². The molecule has 0 bridgehead atoms. The zero-order valence-corrected chi connectivity index (χ0v) is 17.3. The van der Waals surface area contributed by atoms with Crippen molar-refractivity contribution in [2.24, 2.45) is 0 Å². The summed E-state index contributed by atoms with van der Waals surface area (Å²) in [6.07, 6.45) is 7.35. The van der Waals surface area contributed by atoms with Crippen LogP contribution in [0.3, 0.4) is 0 Å². The number of anilines is 1. The predicted molar refractivity (Wildman–Crippen MR) is 117 cm³/mol. The first-order chi connectivity index (χ1) is 14.6. The van der Waals surface area contributed by atoms with Gasteiger partial charge in [-0.05, 0) is 73.9 Å². The highest BCUT2D eigenvalue weighted by Crippen LogP contribution is 2.31. The Bertz CT molecular complexity index is 1140. The second-order valence-electron chi connectivity index (χ2n) is 8.45. The fourth-order valence-corrected chi connectivity index (χ4v) is 4.79. The molecular formula is C25H26N2O3. The minimum atomic E-state index is -0.140. The van der Waals surface area contributed by atoms with E-state index in [1.165, 1.54) is 17.5 Å². The third-order valence-electron chi connectivity index (χ3n) is 6.37. The second kappa shape index (κ2) is 7.63. The summed E-state index contributed by atoms with van der Waals surface area (Å²) in [6, 6.07) is 9.91. The molecule has 0 atom stereocenters. The number of amides is 2. The van der Waals surface area contributed by atoms with Crippen LogP contribution in [0.15, 0.2) is 41.0 Å². The highest BCUT2D eigenvalue weighted by atomic mass is 16.3. The Hall–Kier alpha value is -3.08. The maximum Gasteiger partial charge on any atom is 0.256 e. The lowest BCUT2D eigenvalue weighted by atomic mass is 10.0. The minimum Gasteiger partial charge on any atom is -0.464 e. The number of carbonyl (C=O) groups excluding carboxylic acids is 2. The molecule has 1 saturated heterocycles. The van der Waals surface area contributed by atoms with Crippen LogP contribution in [-0.4, -0.2) is 29.8 Å². The Balaban J connectivity index is 1.38. The molecule has 2 heterocycles. The first kappa shape index (κ1) is 18.9. The van der Waals surface area contributed by atoms with Gasteiger partial charge in [-0.2, -0.15) is 0 Å². The lowest BCUT2D eigenvalue weighted by Gasteiger charge is -2.19. The molecule has 0 unspecified atom stereocenters. The predicted octanol–water partition coefficient (Wildman–Crippen LogP) is 4.65. The number of likely N-dealkylation sites (tertiary alicyclic amines) is 1. The van der Waals surface area contributed by atoms with Crippen molar-refractivity contribution >= 4 is 28.5 Å². The number of nitrogens with zero attached hydrogens (tertiary/aromatic N) is 1. The minimum absolute atomic E-state index is 0.00484. The zero-order valence-electron chi connectivity index (χ0n) is 17.3. The molecule has 3 aromatic rings. The van der Waals surface area contributed by atoms with Crippen LogP contribution in [0.4, 0.5) is 5.69 Å². The number of furan rings is 1. The Morgan fingerprint density at radius 1 is 1.07 bits per heavy atom. The third kappa shape index (κ3) is 3.38. The molecule has 154 valence electrons. The van der Waals surface area contributed by atoms with Crippen molar-refractivity contribution in [3.63, 3.8) is 0 Å². The van der Waals surface area contributed by atoms with Crippen LogP contribution in [0.5, 0.6) is 0 Å². The summed E-state index contributed by atoms with van der Waals surface area (Å²) in [7, 11) is 0. The maximum atomic E-state index is 13.0. The third-order valence-corrected chi connectivity index (χ3v) is 6.37. The number of benzene rings is 2. The molecule has 30 heavy (non-hydrogen) atoms. The van der Waals surface area contributed by atoms with Crippen LogP contribution in [0.2, 0.25) is 0 Å². The van der Waals surface area contributed by atoms with Crippen molar-refractivity contribution in [2.75, 3.05) is 18.4 Å². The van der Waals surface area contributed by atoms with Crippen molar-refractivity contribution in [1.29, 1.82) is 0 Å². The van der Waals surface area contributed by atoms with E-state index in [1.54, 1.807) is 6.26 Å². The number of hydrogen-bond acceptors (Lipinski definition) is 3. The molecule has 2 aromatic carbocycles. The van der Waals surface area contributed by atoms with Crippen LogP contribution in [0.1, 0.15) is 51.9 Å². The average molecular weight is 402 g/mol. The monoisotopic (exact) mass is 402 g/mol. The number of carbonyl (C=O) groups is 2. The number of aryl methyl sites for hydroxylation is 3. The largest absolute Gasteiger partial charge is 0.464 e. The van der Waals surface area contributed by atoms with E-state index in [1.807, 2.05) is 30.0 Å². The van der Waals surface area contributed by atoms with E-state index in [4.69, 9.17) is 4.42 Å². The van der Waals surface area contributed by atoms with Gasteiger partial charge in [-0.1, -0.05) is 12.1 Å². The average Bonchev–Trinajstić information content (AvgIpc) is 3.47. The first-order valence-corrected chi connectivity index (χ1v) is 10.8. The normalized spacial score (nSPS) is 15.6. The summed E-state index contributed by atoms with van der Waals surface area (Å²) in [4.78, 5) is 27.8. The van der Waals surface area contributed by atoms with Gasteiger partial charge in [0.2, 0.25) is 5.91 Å². The summed E-state index contributed by atoms with van der Waals surface area (Å²) in [6.45, 7) is 3.49. The fraction of sp³-hybridized carbons (Fsp3) is 0.360. The van der Waals surface area contributed by atoms with Gasteiger partial charge in [0.25, 0.3) is 5.91 Å². The second-order valence-corrected chi connectivity index (χ2v) is 8.45. The highest BCUT2D eigenvalue weighted by Gasteiger charge is 2.24. The SMILES string of the molecule is Cc1cccc(NC(=O)Cc2coc3cc4c(cc23)CCC4)c1C(=O)N1CCCC1. The Morgan fingerprint density at radius 2 is 1.83 bits per heavy atom. The summed E-state index contributed by atoms with van der Waals surface area (Å²) in [5, 5.41) is 4.00. The standard InChI is InChI=1S/C25H26N2O3/c1-16-6-4-9-21(24(16)25(29)27-10-2-3-11-27)26-23(28)14-19-15-30-22-13-18-8-5-7-17(18)12-20(19)22/h4,6,9,12-13,15H,2-3,5,7-8,10-11,14H2,1H3,(H,26,28). The molecule has 1 aliphatic heterocycles. The smallest absolute Gasteiger partial charge is 0.256 e. The van der Waals surface area contributed by atoms with Crippen LogP contribution >= 0.6 is 0 Å². The molecule has 0 saturated carbocycles. The van der Waals surface area contributed by atoms with Crippen LogP contribution < -0.4 is 5.32 Å². The van der Waals surface area contributed by atoms with Crippen LogP contribution in [-0.2, 0) is 24.1 Å². The Kier molecular flexibility index (Phi) is 4.81. The zero-order chi connectivity index (χ0) is 20.7. The molecule has 2 aliphatic rings. The van der Waals surface area contributed by atoms with E-state index in [0.29, 0.717) is 11.3 Å². The lowest BCUT2D eigenvalue weighted by molar-refractivity contribution is -0.115. The Morgan fingerprint density at radius 3 is 2.63 bits per heavy atom. The van der Waals surface area contributed by atoms with Gasteiger partial charge in [-0.15, -0.1) is 0 Å².